The number of imide groups is 1. The van der Waals surface area contributed by atoms with Gasteiger partial charge in [-0.25, -0.2) is 4.79 Å². The summed E-state index contributed by atoms with van der Waals surface area (Å²) in [7, 11) is 0. The Morgan fingerprint density at radius 1 is 1.42 bits per heavy atom. The van der Waals surface area contributed by atoms with Crippen molar-refractivity contribution in [2.75, 3.05) is 13.2 Å². The van der Waals surface area contributed by atoms with E-state index in [4.69, 9.17) is 16.3 Å². The predicted molar refractivity (Wildman–Crippen MR) is 65.3 cm³/mol. The Bertz CT molecular complexity index is 518. The molecule has 0 radical (unpaired) electrons. The van der Waals surface area contributed by atoms with Crippen molar-refractivity contribution >= 4 is 29.4 Å². The lowest BCUT2D eigenvalue weighted by atomic mass is 10.3. The highest BCUT2D eigenvalue weighted by Crippen LogP contribution is 2.22. The van der Waals surface area contributed by atoms with Crippen LogP contribution in [0.4, 0.5) is 4.79 Å². The molecule has 0 saturated carbocycles. The van der Waals surface area contributed by atoms with Gasteiger partial charge in [0.25, 0.3) is 11.8 Å². The van der Waals surface area contributed by atoms with E-state index in [1.54, 1.807) is 24.3 Å². The number of urea groups is 1. The molecule has 0 aliphatic carbocycles. The molecule has 1 aliphatic heterocycles. The van der Waals surface area contributed by atoms with Gasteiger partial charge < -0.3 is 10.1 Å². The van der Waals surface area contributed by atoms with E-state index >= 15 is 0 Å². The third kappa shape index (κ3) is 3.14. The highest BCUT2D eigenvalue weighted by molar-refractivity contribution is 6.32. The molecular weight excluding hydrogens is 274 g/mol. The molecule has 0 bridgehead atoms. The first kappa shape index (κ1) is 13.2. The number of carbonyl (C=O) groups is 3. The molecule has 0 atom stereocenters. The number of ether oxygens (including phenoxy) is 1. The monoisotopic (exact) mass is 283 g/mol. The molecule has 0 unspecified atom stereocenters. The van der Waals surface area contributed by atoms with Gasteiger partial charge in [-0.1, -0.05) is 23.7 Å². The van der Waals surface area contributed by atoms with Gasteiger partial charge in [0.2, 0.25) is 0 Å². The van der Waals surface area contributed by atoms with Gasteiger partial charge in [-0.3, -0.25) is 15.0 Å². The standard InChI is InChI=1S/C11H10ClN3O4/c12-7-3-1-2-4-8(7)19-6-9(16)14-15-10(17)5-13-11(15)18/h1-4H,5-6H2,(H,13,18)(H,14,16). The minimum Gasteiger partial charge on any atom is -0.482 e. The van der Waals surface area contributed by atoms with Crippen molar-refractivity contribution in [3.63, 3.8) is 0 Å². The predicted octanol–water partition coefficient (Wildman–Crippen LogP) is 0.302. The number of carbonyl (C=O) groups excluding carboxylic acids is 3. The first-order chi connectivity index (χ1) is 9.08. The Hall–Kier alpha value is -2.28. The van der Waals surface area contributed by atoms with Gasteiger partial charge >= 0.3 is 6.03 Å². The summed E-state index contributed by atoms with van der Waals surface area (Å²) in [6.45, 7) is -0.495. The maximum absolute atomic E-state index is 11.5. The molecule has 1 aromatic rings. The van der Waals surface area contributed by atoms with Crippen molar-refractivity contribution in [2.24, 2.45) is 0 Å². The van der Waals surface area contributed by atoms with E-state index in [-0.39, 0.29) is 13.2 Å². The maximum Gasteiger partial charge on any atom is 0.343 e. The van der Waals surface area contributed by atoms with Crippen molar-refractivity contribution in [2.45, 2.75) is 0 Å². The van der Waals surface area contributed by atoms with Crippen LogP contribution in [0.5, 0.6) is 5.75 Å². The van der Waals surface area contributed by atoms with E-state index in [1.807, 2.05) is 0 Å². The molecule has 0 aromatic heterocycles. The van der Waals surface area contributed by atoms with Crippen LogP contribution in [-0.4, -0.2) is 36.0 Å². The Labute approximate surface area is 113 Å². The minimum atomic E-state index is -0.670. The highest BCUT2D eigenvalue weighted by atomic mass is 35.5. The normalized spacial score (nSPS) is 14.3. The zero-order valence-electron chi connectivity index (χ0n) is 9.68. The molecule has 1 aromatic carbocycles. The van der Waals surface area contributed by atoms with E-state index in [9.17, 15) is 14.4 Å². The molecule has 0 spiro atoms. The van der Waals surface area contributed by atoms with Crippen LogP contribution in [0.2, 0.25) is 5.02 Å². The summed E-state index contributed by atoms with van der Waals surface area (Å²) in [5.41, 5.74) is 2.13. The Kier molecular flexibility index (Phi) is 3.86. The number of hydrazine groups is 1. The van der Waals surface area contributed by atoms with Gasteiger partial charge in [0.15, 0.2) is 6.61 Å². The Morgan fingerprint density at radius 3 is 2.79 bits per heavy atom. The summed E-state index contributed by atoms with van der Waals surface area (Å²) in [5.74, 6) is -0.821. The molecule has 1 heterocycles. The van der Waals surface area contributed by atoms with Gasteiger partial charge in [0.1, 0.15) is 12.3 Å². The number of para-hydroxylation sites is 1. The highest BCUT2D eigenvalue weighted by Gasteiger charge is 2.30. The number of nitrogens with zero attached hydrogens (tertiary/aromatic N) is 1. The summed E-state index contributed by atoms with van der Waals surface area (Å²) in [6.07, 6.45) is 0. The average Bonchev–Trinajstić information content (AvgIpc) is 2.70. The summed E-state index contributed by atoms with van der Waals surface area (Å²) < 4.78 is 5.17. The average molecular weight is 284 g/mol. The Morgan fingerprint density at radius 2 is 2.16 bits per heavy atom. The molecule has 7 nitrogen and oxygen atoms in total. The first-order valence-electron chi connectivity index (χ1n) is 5.35. The van der Waals surface area contributed by atoms with Crippen molar-refractivity contribution in [3.8, 4) is 5.75 Å². The largest absolute Gasteiger partial charge is 0.482 e. The van der Waals surface area contributed by atoms with Gasteiger partial charge in [0.05, 0.1) is 5.02 Å². The molecule has 19 heavy (non-hydrogen) atoms. The van der Waals surface area contributed by atoms with Crippen LogP contribution < -0.4 is 15.5 Å². The number of rotatable bonds is 4. The van der Waals surface area contributed by atoms with Crippen LogP contribution in [0.25, 0.3) is 0 Å². The fraction of sp³-hybridized carbons (Fsp3) is 0.182. The minimum absolute atomic E-state index is 0.134. The summed E-state index contributed by atoms with van der Waals surface area (Å²) >= 11 is 5.84. The molecule has 1 fully saturated rings. The zero-order chi connectivity index (χ0) is 13.8. The van der Waals surface area contributed by atoms with E-state index in [0.29, 0.717) is 15.8 Å². The summed E-state index contributed by atoms with van der Waals surface area (Å²) in [4.78, 5) is 33.9. The van der Waals surface area contributed by atoms with Crippen LogP contribution in [-0.2, 0) is 9.59 Å². The van der Waals surface area contributed by atoms with Crippen LogP contribution in [0.3, 0.4) is 0 Å². The molecule has 4 amide bonds. The second-order valence-corrected chi connectivity index (χ2v) is 4.05. The van der Waals surface area contributed by atoms with Crippen LogP contribution in [0, 0.1) is 0 Å². The second-order valence-electron chi connectivity index (χ2n) is 3.64. The SMILES string of the molecule is O=C(COc1ccccc1Cl)NN1C(=O)CNC1=O. The van der Waals surface area contributed by atoms with Crippen molar-refractivity contribution in [1.82, 2.24) is 15.8 Å². The quantitative estimate of drug-likeness (QED) is 0.778. The lowest BCUT2D eigenvalue weighted by Gasteiger charge is -2.14. The fourth-order valence-corrected chi connectivity index (χ4v) is 1.59. The molecule has 1 saturated heterocycles. The lowest BCUT2D eigenvalue weighted by molar-refractivity contribution is -0.136. The Balaban J connectivity index is 1.87. The van der Waals surface area contributed by atoms with Gasteiger partial charge in [0, 0.05) is 0 Å². The smallest absolute Gasteiger partial charge is 0.343 e. The molecule has 8 heteroatoms. The summed E-state index contributed by atoms with van der Waals surface area (Å²) in [5, 5.41) is 3.24. The molecule has 2 rings (SSSR count). The topological polar surface area (TPSA) is 87.7 Å². The number of amides is 4. The first-order valence-corrected chi connectivity index (χ1v) is 5.73. The number of benzene rings is 1. The molecule has 1 aliphatic rings. The van der Waals surface area contributed by atoms with Crippen molar-refractivity contribution in [3.05, 3.63) is 29.3 Å². The second kappa shape index (κ2) is 5.57. The molecule has 100 valence electrons. The number of nitrogens with one attached hydrogen (secondary N) is 2. The lowest BCUT2D eigenvalue weighted by Crippen LogP contribution is -2.48. The third-order valence-electron chi connectivity index (χ3n) is 2.28. The van der Waals surface area contributed by atoms with E-state index < -0.39 is 17.8 Å². The zero-order valence-corrected chi connectivity index (χ0v) is 10.4. The maximum atomic E-state index is 11.5. The van der Waals surface area contributed by atoms with Gasteiger partial charge in [-0.2, -0.15) is 5.01 Å². The van der Waals surface area contributed by atoms with E-state index in [1.165, 1.54) is 0 Å². The van der Waals surface area contributed by atoms with Crippen LogP contribution in [0.1, 0.15) is 0 Å². The number of halogens is 1. The van der Waals surface area contributed by atoms with E-state index in [2.05, 4.69) is 10.7 Å². The van der Waals surface area contributed by atoms with Gasteiger partial charge in [-0.05, 0) is 12.1 Å². The van der Waals surface area contributed by atoms with E-state index in [0.717, 1.165) is 0 Å². The van der Waals surface area contributed by atoms with Crippen molar-refractivity contribution in [1.29, 1.82) is 0 Å². The third-order valence-corrected chi connectivity index (χ3v) is 2.59. The van der Waals surface area contributed by atoms with Gasteiger partial charge in [-0.15, -0.1) is 0 Å². The van der Waals surface area contributed by atoms with Crippen LogP contribution in [0.15, 0.2) is 24.3 Å². The number of hydrogen-bond donors (Lipinski definition) is 2. The molecule has 2 N–H and O–H groups in total. The fourth-order valence-electron chi connectivity index (χ4n) is 1.40. The molecular formula is C11H10ClN3O4. The summed E-state index contributed by atoms with van der Waals surface area (Å²) in [6, 6.07) is 5.98. The number of hydrogen-bond acceptors (Lipinski definition) is 4. The van der Waals surface area contributed by atoms with Crippen molar-refractivity contribution < 1.29 is 19.1 Å². The van der Waals surface area contributed by atoms with Crippen LogP contribution >= 0.6 is 11.6 Å².